The average Bonchev–Trinajstić information content (AvgIpc) is 3.33. The van der Waals surface area contributed by atoms with Gasteiger partial charge in [0.2, 0.25) is 5.91 Å². The molecule has 2 unspecified atom stereocenters. The number of ether oxygens (including phenoxy) is 1. The number of carboxylic acids is 1. The number of fused-ring (bicyclic) bond motifs is 1. The zero-order valence-electron chi connectivity index (χ0n) is 21.6. The van der Waals surface area contributed by atoms with E-state index in [0.717, 1.165) is 23.3 Å². The fraction of sp³-hybridized carbons (Fsp3) is 0.474. The van der Waals surface area contributed by atoms with Gasteiger partial charge in [-0.05, 0) is 12.8 Å². The number of carboxylic acid groups (broad SMARTS) is 1. The van der Waals surface area contributed by atoms with Gasteiger partial charge in [-0.15, -0.1) is 23.1 Å². The minimum Gasteiger partial charge on any atom is -0.477 e. The Labute approximate surface area is 245 Å². The number of nitrogens with zero attached hydrogens (tertiary/aromatic N) is 3. The van der Waals surface area contributed by atoms with Crippen LogP contribution in [0.1, 0.15) is 25.0 Å². The number of oxime groups is 1. The zero-order chi connectivity index (χ0) is 31.2. The van der Waals surface area contributed by atoms with Gasteiger partial charge in [0.15, 0.2) is 16.2 Å². The maximum absolute atomic E-state index is 12.7. The number of amides is 3. The van der Waals surface area contributed by atoms with Gasteiger partial charge in [0.25, 0.3) is 5.91 Å². The molecule has 1 aromatic heterocycles. The van der Waals surface area contributed by atoms with E-state index in [4.69, 9.17) is 10.5 Å². The number of aliphatic carboxylic acids is 1. The van der Waals surface area contributed by atoms with E-state index in [9.17, 15) is 48.1 Å². The Morgan fingerprint density at radius 1 is 1.31 bits per heavy atom. The molecule has 3 atom stereocenters. The summed E-state index contributed by atoms with van der Waals surface area (Å²) in [5.41, 5.74) is 6.52. The number of carbonyl (C=O) groups is 4. The van der Waals surface area contributed by atoms with Gasteiger partial charge in [-0.2, -0.15) is 4.62 Å². The lowest BCUT2D eigenvalue weighted by Gasteiger charge is -2.43. The van der Waals surface area contributed by atoms with Crippen molar-refractivity contribution in [1.82, 2.24) is 20.7 Å². The van der Waals surface area contributed by atoms with Gasteiger partial charge in [0.05, 0.1) is 11.8 Å². The number of β-lactam (4-membered cyclic amide) rings is 1. The molecule has 3 heterocycles. The molecule has 1 saturated heterocycles. The molecule has 0 aromatic carbocycles. The molecule has 2 aliphatic rings. The first-order valence-electron chi connectivity index (χ1n) is 11.6. The third-order valence-electron chi connectivity index (χ3n) is 5.62. The van der Waals surface area contributed by atoms with Crippen molar-refractivity contribution in [1.29, 1.82) is 0 Å². The lowest BCUT2D eigenvalue weighted by Crippen LogP contribution is -2.54. The predicted molar refractivity (Wildman–Crippen MR) is 146 cm³/mol. The van der Waals surface area contributed by atoms with E-state index < -0.39 is 57.3 Å². The van der Waals surface area contributed by atoms with E-state index in [2.05, 4.69) is 24.9 Å². The molecule has 3 rings (SSSR count). The lowest BCUT2D eigenvalue weighted by molar-refractivity contribution is -0.146. The molecule has 1 aromatic rings. The normalized spacial score (nSPS) is 19.2. The van der Waals surface area contributed by atoms with Crippen LogP contribution in [0, 0.1) is 0 Å². The van der Waals surface area contributed by atoms with Crippen molar-refractivity contribution in [2.45, 2.75) is 30.0 Å². The second-order valence-corrected chi connectivity index (χ2v) is 14.7. The van der Waals surface area contributed by atoms with Crippen LogP contribution >= 0.6 is 38.3 Å². The van der Waals surface area contributed by atoms with Crippen molar-refractivity contribution < 1.29 is 62.3 Å². The van der Waals surface area contributed by atoms with E-state index in [1.54, 1.807) is 5.48 Å². The number of nitrogens with two attached hydrogens (primary N) is 1. The van der Waals surface area contributed by atoms with Crippen LogP contribution in [0.5, 0.6) is 0 Å². The van der Waals surface area contributed by atoms with Crippen molar-refractivity contribution in [3.05, 3.63) is 22.3 Å². The van der Waals surface area contributed by atoms with Crippen LogP contribution in [0.15, 0.2) is 21.8 Å². The van der Waals surface area contributed by atoms with Crippen molar-refractivity contribution >= 4 is 73.0 Å². The summed E-state index contributed by atoms with van der Waals surface area (Å²) >= 11 is 2.28. The van der Waals surface area contributed by atoms with Gasteiger partial charge >= 0.3 is 27.3 Å². The Morgan fingerprint density at radius 2 is 2.02 bits per heavy atom. The summed E-state index contributed by atoms with van der Waals surface area (Å²) < 4.78 is 34.2. The Morgan fingerprint density at radius 3 is 2.60 bits per heavy atom. The van der Waals surface area contributed by atoms with Crippen molar-refractivity contribution in [2.75, 3.05) is 31.7 Å². The number of thioether (sulfide) groups is 1. The van der Waals surface area contributed by atoms with Gasteiger partial charge in [0, 0.05) is 23.3 Å². The van der Waals surface area contributed by atoms with Crippen molar-refractivity contribution in [3.8, 4) is 0 Å². The highest BCUT2D eigenvalue weighted by Gasteiger charge is 2.47. The summed E-state index contributed by atoms with van der Waals surface area (Å²) in [5, 5.41) is 14.0. The van der Waals surface area contributed by atoms with E-state index in [1.807, 2.05) is 0 Å². The highest BCUT2D eigenvalue weighted by atomic mass is 32.2. The molecule has 2 aliphatic heterocycles. The van der Waals surface area contributed by atoms with Gasteiger partial charge in [-0.25, -0.2) is 20.1 Å². The van der Waals surface area contributed by atoms with Crippen LogP contribution < -0.4 is 16.5 Å². The summed E-state index contributed by atoms with van der Waals surface area (Å²) in [6.07, 6.45) is -1.68. The number of rotatable bonds is 14. The van der Waals surface area contributed by atoms with Crippen molar-refractivity contribution in [3.63, 3.8) is 0 Å². The highest BCUT2D eigenvalue weighted by Crippen LogP contribution is 2.64. The largest absolute Gasteiger partial charge is 0.477 e. The lowest BCUT2D eigenvalue weighted by atomic mass is 10.1. The number of hydrogen-bond acceptors (Lipinski definition) is 14. The molecule has 0 aliphatic carbocycles. The molecular weight excluding hydrogens is 646 g/mol. The average molecular weight is 673 g/mol. The standard InChI is InChI=1S/C19H26N6O13P2S2/c1-36-23-14(10-8-42-18(20)22-10)16(27)24-38-40(34,35)13(39(31,32)33)3-2-4-21-19(30)37-6-9-7-41-12-5-11(26)25(12)15(9)17(28)29/h8,12-13H,2-7H2,1H3,(H2,20,22)(H,21,30)(H,24,27)(H,28,29)(H,34,35)(H2,31,32,33)/b23-14-/t12-,13?/m0/s1. The van der Waals surface area contributed by atoms with Crippen LogP contribution in [0.3, 0.4) is 0 Å². The Kier molecular flexibility index (Phi) is 11.1. The first-order valence-corrected chi connectivity index (χ1v) is 16.9. The number of thiazole rings is 1. The summed E-state index contributed by atoms with van der Waals surface area (Å²) in [5.74, 6) is -2.69. The predicted octanol–water partition coefficient (Wildman–Crippen LogP) is -0.0369. The third-order valence-corrected chi connectivity index (χ3v) is 11.7. The fourth-order valence-corrected chi connectivity index (χ4v) is 8.52. The Bertz CT molecular complexity index is 1400. The summed E-state index contributed by atoms with van der Waals surface area (Å²) in [6.45, 7) is -0.701. The molecule has 0 saturated carbocycles. The van der Waals surface area contributed by atoms with Crippen molar-refractivity contribution in [2.24, 2.45) is 5.16 Å². The SMILES string of the molecule is CO/N=C(\C(=O)NOP(=O)(O)C(CCCNC(=O)OCC1=C(C(=O)O)N2C(=O)C[C@@H]2SC1)P(=O)(O)O)c1csc(N)n1. The minimum atomic E-state index is -5.28. The molecule has 232 valence electrons. The molecule has 0 radical (unpaired) electrons. The molecule has 0 bridgehead atoms. The number of aromatic nitrogens is 1. The molecule has 3 amide bonds. The number of hydroxylamine groups is 1. The molecule has 23 heteroatoms. The second kappa shape index (κ2) is 14.0. The quantitative estimate of drug-likeness (QED) is 0.0449. The summed E-state index contributed by atoms with van der Waals surface area (Å²) in [4.78, 5) is 86.9. The first kappa shape index (κ1) is 33.5. The third kappa shape index (κ3) is 8.29. The summed E-state index contributed by atoms with van der Waals surface area (Å²) in [6, 6.07) is 0. The maximum Gasteiger partial charge on any atom is 0.407 e. The fourth-order valence-electron chi connectivity index (χ4n) is 3.70. The number of alkyl carbamates (subject to hydrolysis) is 1. The number of anilines is 1. The van der Waals surface area contributed by atoms with Crippen LogP contribution in [0.4, 0.5) is 9.93 Å². The summed E-state index contributed by atoms with van der Waals surface area (Å²) in [7, 11) is -9.39. The highest BCUT2D eigenvalue weighted by molar-refractivity contribution is 8.00. The maximum atomic E-state index is 12.7. The molecule has 1 fully saturated rings. The topological polar surface area (TPSA) is 290 Å². The van der Waals surface area contributed by atoms with E-state index in [0.29, 0.717) is 0 Å². The first-order chi connectivity index (χ1) is 19.7. The molecular formula is C19H26N6O13P2S2. The van der Waals surface area contributed by atoms with Crippen LogP contribution in [-0.4, -0.2) is 96.0 Å². The monoisotopic (exact) mass is 672 g/mol. The van der Waals surface area contributed by atoms with Gasteiger partial charge in [-0.1, -0.05) is 5.16 Å². The molecule has 42 heavy (non-hydrogen) atoms. The number of hydrogen-bond donors (Lipinski definition) is 7. The number of nitrogens with one attached hydrogen (secondary N) is 2. The van der Waals surface area contributed by atoms with Gasteiger partial charge in [0.1, 0.15) is 25.1 Å². The van der Waals surface area contributed by atoms with E-state index in [1.165, 1.54) is 17.1 Å². The number of nitrogen functional groups attached to an aromatic ring is 1. The van der Waals surface area contributed by atoms with Gasteiger partial charge < -0.3 is 40.4 Å². The van der Waals surface area contributed by atoms with E-state index in [-0.39, 0.29) is 58.5 Å². The van der Waals surface area contributed by atoms with Crippen LogP contribution in [-0.2, 0) is 37.7 Å². The van der Waals surface area contributed by atoms with Crippen LogP contribution in [0.25, 0.3) is 0 Å². The van der Waals surface area contributed by atoms with Crippen LogP contribution in [0.2, 0.25) is 0 Å². The molecule has 19 nitrogen and oxygen atoms in total. The molecule has 0 spiro atoms. The minimum absolute atomic E-state index is 0.0614. The van der Waals surface area contributed by atoms with E-state index >= 15 is 0 Å². The van der Waals surface area contributed by atoms with Gasteiger partial charge in [-0.3, -0.25) is 23.6 Å². The zero-order valence-corrected chi connectivity index (χ0v) is 25.0. The second-order valence-electron chi connectivity index (χ2n) is 8.49. The molecule has 8 N–H and O–H groups in total. The number of carbonyl (C=O) groups excluding carboxylic acids is 3. The Balaban J connectivity index is 1.52. The Hall–Kier alpha value is -3.03. The smallest absolute Gasteiger partial charge is 0.407 e.